The Kier molecular flexibility index (Phi) is 4.01. The molecule has 0 saturated heterocycles. The van der Waals surface area contributed by atoms with Gasteiger partial charge in [-0.1, -0.05) is 20.8 Å². The largest absolute Gasteiger partial charge is 0.508 e. The minimum Gasteiger partial charge on any atom is -0.508 e. The molecule has 0 aromatic heterocycles. The van der Waals surface area contributed by atoms with E-state index < -0.39 is 12.1 Å². The zero-order valence-electron chi connectivity index (χ0n) is 10.8. The fraction of sp³-hybridized carbons (Fsp3) is 0.538. The number of aromatic hydroxyl groups is 1. The lowest BCUT2D eigenvalue weighted by molar-refractivity contribution is 0.0394. The summed E-state index contributed by atoms with van der Waals surface area (Å²) in [4.78, 5) is 0. The summed E-state index contributed by atoms with van der Waals surface area (Å²) in [5, 5.41) is 19.9. The molecule has 0 unspecified atom stereocenters. The summed E-state index contributed by atoms with van der Waals surface area (Å²) in [7, 11) is 1.54. The lowest BCUT2D eigenvalue weighted by Crippen LogP contribution is -2.37. The molecule has 0 radical (unpaired) electrons. The molecule has 4 heteroatoms. The minimum atomic E-state index is -0.750. The zero-order valence-corrected chi connectivity index (χ0v) is 10.8. The molecule has 96 valence electrons. The van der Waals surface area contributed by atoms with E-state index in [-0.39, 0.29) is 11.2 Å². The first-order valence-corrected chi connectivity index (χ1v) is 5.58. The van der Waals surface area contributed by atoms with Crippen molar-refractivity contribution in [1.29, 1.82) is 0 Å². The molecule has 0 amide bonds. The number of hydrogen-bond donors (Lipinski definition) is 3. The molecular weight excluding hydrogens is 218 g/mol. The number of ether oxygens (including phenoxy) is 1. The summed E-state index contributed by atoms with van der Waals surface area (Å²) in [6.45, 7) is 5.69. The Bertz CT molecular complexity index is 385. The van der Waals surface area contributed by atoms with Gasteiger partial charge in [-0.2, -0.15) is 0 Å². The van der Waals surface area contributed by atoms with Crippen LogP contribution in [0.15, 0.2) is 18.2 Å². The standard InChI is InChI=1S/C13H21NO3/c1-13(2,3)12(16)11(14)9-7-8(17-4)5-6-10(9)15/h5-7,11-12,15-16H,14H2,1-4H3/t11-,12-/m1/s1. The van der Waals surface area contributed by atoms with Gasteiger partial charge in [0.05, 0.1) is 19.3 Å². The topological polar surface area (TPSA) is 75.7 Å². The van der Waals surface area contributed by atoms with E-state index in [0.29, 0.717) is 11.3 Å². The van der Waals surface area contributed by atoms with Gasteiger partial charge in [-0.15, -0.1) is 0 Å². The first-order valence-electron chi connectivity index (χ1n) is 5.58. The molecule has 0 aliphatic carbocycles. The van der Waals surface area contributed by atoms with E-state index in [1.165, 1.54) is 6.07 Å². The first kappa shape index (κ1) is 13.8. The molecule has 1 rings (SSSR count). The quantitative estimate of drug-likeness (QED) is 0.752. The monoisotopic (exact) mass is 239 g/mol. The van der Waals surface area contributed by atoms with Crippen LogP contribution in [0, 0.1) is 5.41 Å². The molecule has 0 fully saturated rings. The Morgan fingerprint density at radius 2 is 1.88 bits per heavy atom. The number of phenolic OH excluding ortho intramolecular Hbond substituents is 1. The number of benzene rings is 1. The van der Waals surface area contributed by atoms with Gasteiger partial charge >= 0.3 is 0 Å². The Labute approximate surface area is 102 Å². The van der Waals surface area contributed by atoms with Crippen molar-refractivity contribution < 1.29 is 14.9 Å². The number of rotatable bonds is 3. The van der Waals surface area contributed by atoms with Crippen LogP contribution in [0.5, 0.6) is 11.5 Å². The third-order valence-corrected chi connectivity index (χ3v) is 2.82. The van der Waals surface area contributed by atoms with Crippen molar-refractivity contribution in [2.75, 3.05) is 7.11 Å². The highest BCUT2D eigenvalue weighted by atomic mass is 16.5. The summed E-state index contributed by atoms with van der Waals surface area (Å²) < 4.78 is 5.08. The van der Waals surface area contributed by atoms with E-state index in [1.807, 2.05) is 20.8 Å². The maximum absolute atomic E-state index is 10.1. The molecule has 4 N–H and O–H groups in total. The van der Waals surface area contributed by atoms with Gasteiger partial charge in [-0.05, 0) is 23.6 Å². The van der Waals surface area contributed by atoms with Gasteiger partial charge in [0.1, 0.15) is 11.5 Å². The van der Waals surface area contributed by atoms with Crippen LogP contribution in [0.4, 0.5) is 0 Å². The third-order valence-electron chi connectivity index (χ3n) is 2.82. The van der Waals surface area contributed by atoms with E-state index in [4.69, 9.17) is 10.5 Å². The Morgan fingerprint density at radius 1 is 1.29 bits per heavy atom. The molecule has 17 heavy (non-hydrogen) atoms. The minimum absolute atomic E-state index is 0.0709. The predicted molar refractivity (Wildman–Crippen MR) is 67.0 cm³/mol. The SMILES string of the molecule is COc1ccc(O)c([C@@H](N)[C@@H](O)C(C)(C)C)c1. The van der Waals surface area contributed by atoms with Crippen molar-refractivity contribution in [3.63, 3.8) is 0 Å². The molecule has 0 saturated carbocycles. The van der Waals surface area contributed by atoms with Crippen LogP contribution in [0.25, 0.3) is 0 Å². The third kappa shape index (κ3) is 3.11. The van der Waals surface area contributed by atoms with E-state index in [1.54, 1.807) is 19.2 Å². The Morgan fingerprint density at radius 3 is 2.35 bits per heavy atom. The molecule has 0 heterocycles. The molecule has 2 atom stereocenters. The van der Waals surface area contributed by atoms with E-state index >= 15 is 0 Å². The van der Waals surface area contributed by atoms with Crippen LogP contribution in [-0.2, 0) is 0 Å². The van der Waals surface area contributed by atoms with E-state index in [0.717, 1.165) is 0 Å². The predicted octanol–water partition coefficient (Wildman–Crippen LogP) is 1.81. The lowest BCUT2D eigenvalue weighted by Gasteiger charge is -2.31. The van der Waals surface area contributed by atoms with Gasteiger partial charge in [-0.25, -0.2) is 0 Å². The number of nitrogens with two attached hydrogens (primary N) is 1. The fourth-order valence-electron chi connectivity index (χ4n) is 1.64. The van der Waals surface area contributed by atoms with Crippen molar-refractivity contribution in [1.82, 2.24) is 0 Å². The van der Waals surface area contributed by atoms with Crippen molar-refractivity contribution in [2.45, 2.75) is 32.9 Å². The van der Waals surface area contributed by atoms with Crippen LogP contribution in [-0.4, -0.2) is 23.4 Å². The number of aliphatic hydroxyl groups is 1. The van der Waals surface area contributed by atoms with Gasteiger partial charge in [0.25, 0.3) is 0 Å². The van der Waals surface area contributed by atoms with Crippen LogP contribution < -0.4 is 10.5 Å². The van der Waals surface area contributed by atoms with Gasteiger partial charge < -0.3 is 20.7 Å². The number of aliphatic hydroxyl groups excluding tert-OH is 1. The van der Waals surface area contributed by atoms with Crippen LogP contribution in [0.2, 0.25) is 0 Å². The smallest absolute Gasteiger partial charge is 0.120 e. The van der Waals surface area contributed by atoms with Crippen LogP contribution >= 0.6 is 0 Å². The second kappa shape index (κ2) is 4.94. The molecule has 0 spiro atoms. The second-order valence-corrected chi connectivity index (χ2v) is 5.26. The molecular formula is C13H21NO3. The first-order chi connectivity index (χ1) is 7.77. The lowest BCUT2D eigenvalue weighted by atomic mass is 9.82. The molecule has 1 aromatic rings. The van der Waals surface area contributed by atoms with Crippen LogP contribution in [0.1, 0.15) is 32.4 Å². The number of phenols is 1. The summed E-state index contributed by atoms with van der Waals surface area (Å²) in [5.41, 5.74) is 6.12. The van der Waals surface area contributed by atoms with Gasteiger partial charge in [0.15, 0.2) is 0 Å². The molecule has 1 aromatic carbocycles. The summed E-state index contributed by atoms with van der Waals surface area (Å²) >= 11 is 0. The molecule has 4 nitrogen and oxygen atoms in total. The Hall–Kier alpha value is -1.26. The van der Waals surface area contributed by atoms with E-state index in [9.17, 15) is 10.2 Å². The highest BCUT2D eigenvalue weighted by Gasteiger charge is 2.30. The summed E-state index contributed by atoms with van der Waals surface area (Å²) in [6.07, 6.45) is -0.750. The highest BCUT2D eigenvalue weighted by molar-refractivity contribution is 5.41. The fourth-order valence-corrected chi connectivity index (χ4v) is 1.64. The van der Waals surface area contributed by atoms with Crippen LogP contribution in [0.3, 0.4) is 0 Å². The molecule has 0 bridgehead atoms. The average Bonchev–Trinajstić information content (AvgIpc) is 2.26. The average molecular weight is 239 g/mol. The van der Waals surface area contributed by atoms with Crippen molar-refractivity contribution in [3.05, 3.63) is 23.8 Å². The number of hydrogen-bond acceptors (Lipinski definition) is 4. The number of methoxy groups -OCH3 is 1. The maximum atomic E-state index is 10.1. The summed E-state index contributed by atoms with van der Waals surface area (Å²) in [5.74, 6) is 0.677. The highest BCUT2D eigenvalue weighted by Crippen LogP contribution is 2.34. The van der Waals surface area contributed by atoms with Gasteiger partial charge in [0.2, 0.25) is 0 Å². The molecule has 0 aliphatic heterocycles. The Balaban J connectivity index is 3.07. The van der Waals surface area contributed by atoms with Crippen molar-refractivity contribution >= 4 is 0 Å². The van der Waals surface area contributed by atoms with Gasteiger partial charge in [0, 0.05) is 5.56 Å². The van der Waals surface area contributed by atoms with Gasteiger partial charge in [-0.3, -0.25) is 0 Å². The maximum Gasteiger partial charge on any atom is 0.120 e. The normalized spacial score (nSPS) is 15.4. The zero-order chi connectivity index (χ0) is 13.2. The molecule has 0 aliphatic rings. The van der Waals surface area contributed by atoms with E-state index in [2.05, 4.69) is 0 Å². The van der Waals surface area contributed by atoms with Crippen molar-refractivity contribution in [3.8, 4) is 11.5 Å². The van der Waals surface area contributed by atoms with Crippen molar-refractivity contribution in [2.24, 2.45) is 11.1 Å². The second-order valence-electron chi connectivity index (χ2n) is 5.26. The summed E-state index contributed by atoms with van der Waals surface area (Å²) in [6, 6.07) is 4.16.